The SMILES string of the molecule is Cc1ccc(OCc2cccc(C(=O)NC(CC(C)C)C(=O)O)c2)cn1. The van der Waals surface area contributed by atoms with E-state index < -0.39 is 17.9 Å². The first-order chi connectivity index (χ1) is 12.3. The Bertz CT molecular complexity index is 757. The number of amides is 1. The smallest absolute Gasteiger partial charge is 0.326 e. The molecule has 2 N–H and O–H groups in total. The van der Waals surface area contributed by atoms with Crippen LogP contribution in [-0.2, 0) is 11.4 Å². The molecule has 1 atom stereocenters. The molecule has 0 saturated carbocycles. The van der Waals surface area contributed by atoms with Crippen molar-refractivity contribution in [2.75, 3.05) is 0 Å². The van der Waals surface area contributed by atoms with Crippen molar-refractivity contribution in [3.05, 3.63) is 59.4 Å². The van der Waals surface area contributed by atoms with Crippen molar-refractivity contribution in [2.24, 2.45) is 5.92 Å². The number of aryl methyl sites for hydroxylation is 1. The van der Waals surface area contributed by atoms with Crippen molar-refractivity contribution < 1.29 is 19.4 Å². The topological polar surface area (TPSA) is 88.5 Å². The number of carboxylic acids is 1. The van der Waals surface area contributed by atoms with E-state index in [0.29, 0.717) is 24.3 Å². The molecule has 0 radical (unpaired) electrons. The minimum Gasteiger partial charge on any atom is -0.487 e. The van der Waals surface area contributed by atoms with Crippen LogP contribution in [0.1, 0.15) is 41.9 Å². The molecule has 1 aromatic carbocycles. The molecule has 26 heavy (non-hydrogen) atoms. The highest BCUT2D eigenvalue weighted by molar-refractivity contribution is 5.96. The standard InChI is InChI=1S/C20H24N2O4/c1-13(2)9-18(20(24)25)22-19(23)16-6-4-5-15(10-16)12-26-17-8-7-14(3)21-11-17/h4-8,10-11,13,18H,9,12H2,1-3H3,(H,22,23)(H,24,25). The third-order valence-corrected chi connectivity index (χ3v) is 3.79. The lowest BCUT2D eigenvalue weighted by molar-refractivity contribution is -0.139. The number of rotatable bonds is 8. The summed E-state index contributed by atoms with van der Waals surface area (Å²) in [4.78, 5) is 27.9. The molecule has 138 valence electrons. The maximum atomic E-state index is 12.4. The molecule has 0 saturated heterocycles. The van der Waals surface area contributed by atoms with Crippen LogP contribution in [0.2, 0.25) is 0 Å². The van der Waals surface area contributed by atoms with Crippen LogP contribution in [0, 0.1) is 12.8 Å². The number of aliphatic carboxylic acids is 1. The molecule has 1 amide bonds. The third-order valence-electron chi connectivity index (χ3n) is 3.79. The number of pyridine rings is 1. The minimum atomic E-state index is -1.03. The summed E-state index contributed by atoms with van der Waals surface area (Å²) >= 11 is 0. The predicted octanol–water partition coefficient (Wildman–Crippen LogP) is 3.20. The molecule has 0 aliphatic heterocycles. The van der Waals surface area contributed by atoms with Crippen molar-refractivity contribution in [3.63, 3.8) is 0 Å². The van der Waals surface area contributed by atoms with Gasteiger partial charge in [0.05, 0.1) is 6.20 Å². The number of nitrogens with zero attached hydrogens (tertiary/aromatic N) is 1. The second-order valence-corrected chi connectivity index (χ2v) is 6.62. The van der Waals surface area contributed by atoms with Crippen molar-refractivity contribution in [3.8, 4) is 5.75 Å². The van der Waals surface area contributed by atoms with Gasteiger partial charge in [-0.3, -0.25) is 9.78 Å². The van der Waals surface area contributed by atoms with Gasteiger partial charge < -0.3 is 15.2 Å². The molecule has 1 heterocycles. The van der Waals surface area contributed by atoms with E-state index in [0.717, 1.165) is 11.3 Å². The quantitative estimate of drug-likeness (QED) is 0.758. The fraction of sp³-hybridized carbons (Fsp3) is 0.350. The number of aromatic nitrogens is 1. The van der Waals surface area contributed by atoms with Crippen LogP contribution in [0.5, 0.6) is 5.75 Å². The van der Waals surface area contributed by atoms with Crippen LogP contribution in [0.15, 0.2) is 42.6 Å². The Kier molecular flexibility index (Phi) is 6.72. The Morgan fingerprint density at radius 1 is 1.23 bits per heavy atom. The molecule has 6 heteroatoms. The summed E-state index contributed by atoms with van der Waals surface area (Å²) in [7, 11) is 0. The number of hydrogen-bond donors (Lipinski definition) is 2. The van der Waals surface area contributed by atoms with Crippen molar-refractivity contribution in [2.45, 2.75) is 39.8 Å². The van der Waals surface area contributed by atoms with E-state index in [2.05, 4.69) is 10.3 Å². The number of carboxylic acid groups (broad SMARTS) is 1. The Morgan fingerprint density at radius 3 is 2.62 bits per heavy atom. The van der Waals surface area contributed by atoms with Gasteiger partial charge in [-0.25, -0.2) is 4.79 Å². The van der Waals surface area contributed by atoms with Gasteiger partial charge in [0.1, 0.15) is 18.4 Å². The fourth-order valence-electron chi connectivity index (χ4n) is 2.44. The van der Waals surface area contributed by atoms with E-state index in [1.54, 1.807) is 24.4 Å². The van der Waals surface area contributed by atoms with E-state index in [4.69, 9.17) is 4.74 Å². The van der Waals surface area contributed by atoms with E-state index in [1.165, 1.54) is 0 Å². The molecule has 1 aromatic heterocycles. The molecule has 0 spiro atoms. The van der Waals surface area contributed by atoms with Gasteiger partial charge in [0.15, 0.2) is 0 Å². The zero-order valence-electron chi connectivity index (χ0n) is 15.2. The molecule has 0 aliphatic carbocycles. The van der Waals surface area contributed by atoms with E-state index in [-0.39, 0.29) is 5.92 Å². The zero-order chi connectivity index (χ0) is 19.1. The molecule has 0 bridgehead atoms. The number of nitrogens with one attached hydrogen (secondary N) is 1. The molecule has 2 aromatic rings. The second kappa shape index (κ2) is 8.99. The van der Waals surface area contributed by atoms with Crippen LogP contribution in [0.25, 0.3) is 0 Å². The summed E-state index contributed by atoms with van der Waals surface area (Å²) in [6, 6.07) is 9.75. The Morgan fingerprint density at radius 2 is 2.00 bits per heavy atom. The fourth-order valence-corrected chi connectivity index (χ4v) is 2.44. The summed E-state index contributed by atoms with van der Waals surface area (Å²) in [6.07, 6.45) is 2.03. The maximum Gasteiger partial charge on any atom is 0.326 e. The molecule has 6 nitrogen and oxygen atoms in total. The number of benzene rings is 1. The molecule has 0 fully saturated rings. The number of carbonyl (C=O) groups is 2. The normalized spacial score (nSPS) is 11.8. The molecular formula is C20H24N2O4. The molecule has 1 unspecified atom stereocenters. The van der Waals surface area contributed by atoms with E-state index >= 15 is 0 Å². The monoisotopic (exact) mass is 356 g/mol. The highest BCUT2D eigenvalue weighted by Crippen LogP contribution is 2.13. The zero-order valence-corrected chi connectivity index (χ0v) is 15.2. The van der Waals surface area contributed by atoms with Gasteiger partial charge in [-0.15, -0.1) is 0 Å². The highest BCUT2D eigenvalue weighted by atomic mass is 16.5. The molecule has 0 aliphatic rings. The van der Waals surface area contributed by atoms with Gasteiger partial charge >= 0.3 is 5.97 Å². The largest absolute Gasteiger partial charge is 0.487 e. The van der Waals surface area contributed by atoms with Crippen LogP contribution >= 0.6 is 0 Å². The number of hydrogen-bond acceptors (Lipinski definition) is 4. The van der Waals surface area contributed by atoms with Crippen LogP contribution in [-0.4, -0.2) is 28.0 Å². The number of ether oxygens (including phenoxy) is 1. The van der Waals surface area contributed by atoms with Crippen molar-refractivity contribution >= 4 is 11.9 Å². The lowest BCUT2D eigenvalue weighted by atomic mass is 10.0. The van der Waals surface area contributed by atoms with Gasteiger partial charge in [-0.1, -0.05) is 26.0 Å². The van der Waals surface area contributed by atoms with E-state index in [1.807, 2.05) is 39.0 Å². The first kappa shape index (κ1) is 19.4. The van der Waals surface area contributed by atoms with Gasteiger partial charge in [0.2, 0.25) is 0 Å². The maximum absolute atomic E-state index is 12.4. The lowest BCUT2D eigenvalue weighted by Gasteiger charge is -2.16. The highest BCUT2D eigenvalue weighted by Gasteiger charge is 2.21. The Hall–Kier alpha value is -2.89. The first-order valence-electron chi connectivity index (χ1n) is 8.53. The van der Waals surface area contributed by atoms with Crippen molar-refractivity contribution in [1.29, 1.82) is 0 Å². The van der Waals surface area contributed by atoms with Gasteiger partial charge in [-0.2, -0.15) is 0 Å². The van der Waals surface area contributed by atoms with Gasteiger partial charge in [0, 0.05) is 11.3 Å². The second-order valence-electron chi connectivity index (χ2n) is 6.62. The molecule has 2 rings (SSSR count). The number of carbonyl (C=O) groups excluding carboxylic acids is 1. The summed E-state index contributed by atoms with van der Waals surface area (Å²) in [5.74, 6) is -0.622. The summed E-state index contributed by atoms with van der Waals surface area (Å²) < 4.78 is 5.67. The average molecular weight is 356 g/mol. The van der Waals surface area contributed by atoms with Crippen LogP contribution in [0.4, 0.5) is 0 Å². The lowest BCUT2D eigenvalue weighted by Crippen LogP contribution is -2.41. The van der Waals surface area contributed by atoms with Crippen LogP contribution < -0.4 is 10.1 Å². The van der Waals surface area contributed by atoms with Gasteiger partial charge in [-0.05, 0) is 49.1 Å². The summed E-state index contributed by atoms with van der Waals surface area (Å²) in [5.41, 5.74) is 2.13. The minimum absolute atomic E-state index is 0.166. The average Bonchev–Trinajstić information content (AvgIpc) is 2.60. The Labute approximate surface area is 153 Å². The predicted molar refractivity (Wildman–Crippen MR) is 98.1 cm³/mol. The van der Waals surface area contributed by atoms with E-state index in [9.17, 15) is 14.7 Å². The first-order valence-corrected chi connectivity index (χ1v) is 8.53. The Balaban J connectivity index is 2.01. The summed E-state index contributed by atoms with van der Waals surface area (Å²) in [5, 5.41) is 11.8. The van der Waals surface area contributed by atoms with Crippen molar-refractivity contribution in [1.82, 2.24) is 10.3 Å². The summed E-state index contributed by atoms with van der Waals surface area (Å²) in [6.45, 7) is 6.02. The van der Waals surface area contributed by atoms with Gasteiger partial charge in [0.25, 0.3) is 5.91 Å². The van der Waals surface area contributed by atoms with Crippen LogP contribution in [0.3, 0.4) is 0 Å². The molecular weight excluding hydrogens is 332 g/mol. The third kappa shape index (κ3) is 5.88.